The number of nitrogens with one attached hydrogen (secondary N) is 1. The number of thioether (sulfide) groups is 1. The number of carbonyl (C=O) groups excluding carboxylic acids is 1. The SMILES string of the molecule is C[C@@H](SCC(=O)Nc1sccc1C#N)c1ccccc1F. The van der Waals surface area contributed by atoms with Gasteiger partial charge in [-0.05, 0) is 24.4 Å². The number of hydrogen-bond donors (Lipinski definition) is 1. The number of benzene rings is 1. The van der Waals surface area contributed by atoms with E-state index in [0.29, 0.717) is 16.1 Å². The first-order valence-corrected chi connectivity index (χ1v) is 8.18. The minimum Gasteiger partial charge on any atom is -0.316 e. The Morgan fingerprint density at radius 1 is 1.48 bits per heavy atom. The summed E-state index contributed by atoms with van der Waals surface area (Å²) in [5, 5.41) is 13.8. The second kappa shape index (κ2) is 7.25. The first-order chi connectivity index (χ1) is 10.1. The van der Waals surface area contributed by atoms with Crippen molar-refractivity contribution < 1.29 is 9.18 Å². The van der Waals surface area contributed by atoms with E-state index in [1.807, 2.05) is 13.0 Å². The van der Waals surface area contributed by atoms with Gasteiger partial charge in [0.05, 0.1) is 11.3 Å². The van der Waals surface area contributed by atoms with Crippen LogP contribution in [0.4, 0.5) is 9.39 Å². The molecule has 0 aliphatic carbocycles. The van der Waals surface area contributed by atoms with Gasteiger partial charge in [-0.15, -0.1) is 23.1 Å². The number of halogens is 1. The summed E-state index contributed by atoms with van der Waals surface area (Å²) in [6, 6.07) is 10.2. The van der Waals surface area contributed by atoms with E-state index in [1.54, 1.807) is 29.6 Å². The molecule has 6 heteroatoms. The van der Waals surface area contributed by atoms with Gasteiger partial charge in [-0.2, -0.15) is 5.26 Å². The van der Waals surface area contributed by atoms with Crippen molar-refractivity contribution >= 4 is 34.0 Å². The molecule has 0 unspecified atom stereocenters. The summed E-state index contributed by atoms with van der Waals surface area (Å²) < 4.78 is 13.6. The molecule has 0 aliphatic heterocycles. The molecule has 2 aromatic rings. The van der Waals surface area contributed by atoms with Crippen LogP contribution in [0.1, 0.15) is 23.3 Å². The van der Waals surface area contributed by atoms with Gasteiger partial charge in [0, 0.05) is 10.8 Å². The summed E-state index contributed by atoms with van der Waals surface area (Å²) in [6.45, 7) is 1.86. The third-order valence-corrected chi connectivity index (χ3v) is 4.86. The molecule has 21 heavy (non-hydrogen) atoms. The Hall–Kier alpha value is -1.84. The maximum Gasteiger partial charge on any atom is 0.235 e. The van der Waals surface area contributed by atoms with Crippen LogP contribution in [0.15, 0.2) is 35.7 Å². The lowest BCUT2D eigenvalue weighted by atomic mass is 10.1. The van der Waals surface area contributed by atoms with E-state index in [0.717, 1.165) is 0 Å². The van der Waals surface area contributed by atoms with Crippen molar-refractivity contribution in [3.63, 3.8) is 0 Å². The summed E-state index contributed by atoms with van der Waals surface area (Å²) in [6.07, 6.45) is 0. The van der Waals surface area contributed by atoms with Crippen molar-refractivity contribution in [3.05, 3.63) is 52.7 Å². The van der Waals surface area contributed by atoms with Crippen LogP contribution in [0, 0.1) is 17.1 Å². The predicted octanol–water partition coefficient (Wildman–Crippen LogP) is 4.19. The Morgan fingerprint density at radius 3 is 2.95 bits per heavy atom. The molecule has 3 nitrogen and oxygen atoms in total. The molecule has 1 N–H and O–H groups in total. The van der Waals surface area contributed by atoms with E-state index in [-0.39, 0.29) is 22.7 Å². The molecule has 0 fully saturated rings. The van der Waals surface area contributed by atoms with Gasteiger partial charge in [-0.25, -0.2) is 4.39 Å². The van der Waals surface area contributed by atoms with Gasteiger partial charge >= 0.3 is 0 Å². The number of carbonyl (C=O) groups is 1. The van der Waals surface area contributed by atoms with E-state index in [1.165, 1.54) is 29.2 Å². The molecule has 108 valence electrons. The maximum absolute atomic E-state index is 13.6. The van der Waals surface area contributed by atoms with E-state index in [4.69, 9.17) is 5.26 Å². The van der Waals surface area contributed by atoms with Crippen LogP contribution < -0.4 is 5.32 Å². The molecule has 0 saturated carbocycles. The lowest BCUT2D eigenvalue weighted by Gasteiger charge is -2.12. The number of hydrogen-bond acceptors (Lipinski definition) is 4. The zero-order chi connectivity index (χ0) is 15.2. The standard InChI is InChI=1S/C15H13FN2OS2/c1-10(12-4-2-3-5-13(12)16)21-9-14(19)18-15-11(8-17)6-7-20-15/h2-7,10H,9H2,1H3,(H,18,19)/t10-/m1/s1. The van der Waals surface area contributed by atoms with Crippen molar-refractivity contribution in [2.75, 3.05) is 11.1 Å². The highest BCUT2D eigenvalue weighted by Gasteiger charge is 2.14. The van der Waals surface area contributed by atoms with Crippen molar-refractivity contribution in [2.45, 2.75) is 12.2 Å². The van der Waals surface area contributed by atoms with Gasteiger partial charge in [-0.1, -0.05) is 18.2 Å². The second-order valence-electron chi connectivity index (χ2n) is 4.30. The number of nitrogens with zero attached hydrogens (tertiary/aromatic N) is 1. The molecule has 1 heterocycles. The average Bonchev–Trinajstić information content (AvgIpc) is 2.92. The van der Waals surface area contributed by atoms with Gasteiger partial charge in [0.25, 0.3) is 0 Å². The lowest BCUT2D eigenvalue weighted by Crippen LogP contribution is -2.14. The van der Waals surface area contributed by atoms with Crippen LogP contribution in [-0.2, 0) is 4.79 Å². The largest absolute Gasteiger partial charge is 0.316 e. The normalized spacial score (nSPS) is 11.7. The van der Waals surface area contributed by atoms with Crippen molar-refractivity contribution in [2.24, 2.45) is 0 Å². The van der Waals surface area contributed by atoms with Crippen LogP contribution in [0.5, 0.6) is 0 Å². The van der Waals surface area contributed by atoms with Gasteiger partial charge in [0.1, 0.15) is 16.9 Å². The predicted molar refractivity (Wildman–Crippen MR) is 84.9 cm³/mol. The van der Waals surface area contributed by atoms with Crippen LogP contribution in [0.25, 0.3) is 0 Å². The van der Waals surface area contributed by atoms with Gasteiger partial charge in [0.2, 0.25) is 5.91 Å². The number of thiophene rings is 1. The summed E-state index contributed by atoms with van der Waals surface area (Å²) in [4.78, 5) is 11.9. The molecule has 0 radical (unpaired) electrons. The van der Waals surface area contributed by atoms with Crippen molar-refractivity contribution in [1.82, 2.24) is 0 Å². The Morgan fingerprint density at radius 2 is 2.24 bits per heavy atom. The highest BCUT2D eigenvalue weighted by atomic mass is 32.2. The zero-order valence-corrected chi connectivity index (χ0v) is 12.9. The summed E-state index contributed by atoms with van der Waals surface area (Å²) >= 11 is 2.67. The molecular formula is C15H13FN2OS2. The summed E-state index contributed by atoms with van der Waals surface area (Å²) in [5.41, 5.74) is 1.05. The van der Waals surface area contributed by atoms with Crippen molar-refractivity contribution in [3.8, 4) is 6.07 Å². The average molecular weight is 320 g/mol. The maximum atomic E-state index is 13.6. The smallest absolute Gasteiger partial charge is 0.235 e. The van der Waals surface area contributed by atoms with E-state index < -0.39 is 0 Å². The first kappa shape index (κ1) is 15.5. The fourth-order valence-electron chi connectivity index (χ4n) is 1.75. The number of nitriles is 1. The highest BCUT2D eigenvalue weighted by molar-refractivity contribution is 8.00. The van der Waals surface area contributed by atoms with Crippen LogP contribution in [0.2, 0.25) is 0 Å². The van der Waals surface area contributed by atoms with Crippen LogP contribution in [-0.4, -0.2) is 11.7 Å². The van der Waals surface area contributed by atoms with Gasteiger partial charge < -0.3 is 5.32 Å². The molecule has 1 atom stereocenters. The van der Waals surface area contributed by atoms with Crippen LogP contribution in [0.3, 0.4) is 0 Å². The lowest BCUT2D eigenvalue weighted by molar-refractivity contribution is -0.113. The number of anilines is 1. The molecule has 0 aliphatic rings. The van der Waals surface area contributed by atoms with E-state index >= 15 is 0 Å². The third-order valence-electron chi connectivity index (χ3n) is 2.85. The number of amides is 1. The number of rotatable bonds is 5. The third kappa shape index (κ3) is 4.06. The highest BCUT2D eigenvalue weighted by Crippen LogP contribution is 2.30. The quantitative estimate of drug-likeness (QED) is 0.898. The first-order valence-electron chi connectivity index (χ1n) is 6.25. The molecule has 1 aromatic carbocycles. The van der Waals surface area contributed by atoms with E-state index in [9.17, 15) is 9.18 Å². The Kier molecular flexibility index (Phi) is 5.37. The molecule has 0 spiro atoms. The molecule has 1 aromatic heterocycles. The topological polar surface area (TPSA) is 52.9 Å². The monoisotopic (exact) mass is 320 g/mol. The van der Waals surface area contributed by atoms with Gasteiger partial charge in [-0.3, -0.25) is 4.79 Å². The minimum absolute atomic E-state index is 0.115. The molecule has 2 rings (SSSR count). The van der Waals surface area contributed by atoms with Crippen molar-refractivity contribution in [1.29, 1.82) is 5.26 Å². The zero-order valence-electron chi connectivity index (χ0n) is 11.3. The second-order valence-corrected chi connectivity index (χ2v) is 6.54. The van der Waals surface area contributed by atoms with E-state index in [2.05, 4.69) is 5.32 Å². The Bertz CT molecular complexity index is 678. The Labute approximate surface area is 130 Å². The molecular weight excluding hydrogens is 307 g/mol. The fourth-order valence-corrected chi connectivity index (χ4v) is 3.35. The van der Waals surface area contributed by atoms with Crippen LogP contribution >= 0.6 is 23.1 Å². The summed E-state index contributed by atoms with van der Waals surface area (Å²) in [7, 11) is 0. The molecule has 0 saturated heterocycles. The van der Waals surface area contributed by atoms with Gasteiger partial charge in [0.15, 0.2) is 0 Å². The molecule has 1 amide bonds. The summed E-state index contributed by atoms with van der Waals surface area (Å²) in [5.74, 6) is -0.247. The Balaban J connectivity index is 1.90. The minimum atomic E-state index is -0.261. The molecule has 0 bridgehead atoms. The fraction of sp³-hybridized carbons (Fsp3) is 0.200.